The van der Waals surface area contributed by atoms with Gasteiger partial charge in [0.15, 0.2) is 0 Å². The van der Waals surface area contributed by atoms with Gasteiger partial charge in [0.25, 0.3) is 5.91 Å². The molecule has 0 unspecified atom stereocenters. The van der Waals surface area contributed by atoms with Crippen molar-refractivity contribution in [1.29, 1.82) is 0 Å². The lowest BCUT2D eigenvalue weighted by atomic mass is 10.1. The first-order valence-electron chi connectivity index (χ1n) is 7.47. The third kappa shape index (κ3) is 3.86. The minimum Gasteiger partial charge on any atom is -0.495 e. The average Bonchev–Trinajstić information content (AvgIpc) is 3.00. The fourth-order valence-corrected chi connectivity index (χ4v) is 3.76. The van der Waals surface area contributed by atoms with E-state index < -0.39 is 0 Å². The van der Waals surface area contributed by atoms with Gasteiger partial charge in [-0.2, -0.15) is 0 Å². The second kappa shape index (κ2) is 7.81. The SMILES string of the molecule is COc1cc(-c2ccccc2)sc1C(=O)N1CCC(N)CC1.Cl. The summed E-state index contributed by atoms with van der Waals surface area (Å²) in [5.74, 6) is 0.708. The molecule has 6 heteroatoms. The van der Waals surface area contributed by atoms with E-state index in [1.165, 1.54) is 11.3 Å². The van der Waals surface area contributed by atoms with Crippen molar-refractivity contribution in [2.45, 2.75) is 18.9 Å². The Kier molecular flexibility index (Phi) is 6.04. The highest BCUT2D eigenvalue weighted by atomic mass is 35.5. The number of piperidine rings is 1. The number of nitrogens with two attached hydrogens (primary N) is 1. The van der Waals surface area contributed by atoms with Crippen LogP contribution >= 0.6 is 23.7 Å². The standard InChI is InChI=1S/C17H20N2O2S.ClH/c1-21-14-11-15(12-5-3-2-4-6-12)22-16(14)17(20)19-9-7-13(18)8-10-19;/h2-6,11,13H,7-10,18H2,1H3;1H. The van der Waals surface area contributed by atoms with Crippen LogP contribution in [0.2, 0.25) is 0 Å². The largest absolute Gasteiger partial charge is 0.495 e. The molecule has 0 radical (unpaired) electrons. The van der Waals surface area contributed by atoms with Gasteiger partial charge in [0, 0.05) is 24.0 Å². The van der Waals surface area contributed by atoms with E-state index in [0.717, 1.165) is 36.4 Å². The molecule has 3 rings (SSSR count). The lowest BCUT2D eigenvalue weighted by Gasteiger charge is -2.29. The molecule has 124 valence electrons. The smallest absolute Gasteiger partial charge is 0.267 e. The molecule has 0 atom stereocenters. The van der Waals surface area contributed by atoms with Gasteiger partial charge in [-0.3, -0.25) is 4.79 Å². The van der Waals surface area contributed by atoms with Crippen LogP contribution in [0.15, 0.2) is 36.4 Å². The number of methoxy groups -OCH3 is 1. The minimum absolute atomic E-state index is 0. The first kappa shape index (κ1) is 17.8. The van der Waals surface area contributed by atoms with Gasteiger partial charge in [-0.25, -0.2) is 0 Å². The van der Waals surface area contributed by atoms with E-state index in [2.05, 4.69) is 0 Å². The molecule has 1 amide bonds. The maximum atomic E-state index is 12.7. The fraction of sp³-hybridized carbons (Fsp3) is 0.353. The molecule has 1 aliphatic rings. The maximum Gasteiger partial charge on any atom is 0.267 e. The molecule has 4 nitrogen and oxygen atoms in total. The Balaban J connectivity index is 0.00000192. The van der Waals surface area contributed by atoms with E-state index in [9.17, 15) is 4.79 Å². The van der Waals surface area contributed by atoms with Crippen molar-refractivity contribution in [3.63, 3.8) is 0 Å². The van der Waals surface area contributed by atoms with Gasteiger partial charge in [0.05, 0.1) is 7.11 Å². The maximum absolute atomic E-state index is 12.7. The zero-order valence-electron chi connectivity index (χ0n) is 13.0. The van der Waals surface area contributed by atoms with Crippen molar-refractivity contribution in [2.24, 2.45) is 5.73 Å². The van der Waals surface area contributed by atoms with Gasteiger partial charge in [-0.15, -0.1) is 23.7 Å². The Morgan fingerprint density at radius 3 is 2.52 bits per heavy atom. The van der Waals surface area contributed by atoms with Crippen LogP contribution in [0.1, 0.15) is 22.5 Å². The van der Waals surface area contributed by atoms with Crippen molar-refractivity contribution >= 4 is 29.7 Å². The lowest BCUT2D eigenvalue weighted by molar-refractivity contribution is 0.0716. The summed E-state index contributed by atoms with van der Waals surface area (Å²) in [4.78, 5) is 16.4. The Morgan fingerprint density at radius 1 is 1.26 bits per heavy atom. The number of halogens is 1. The van der Waals surface area contributed by atoms with Crippen molar-refractivity contribution in [2.75, 3.05) is 20.2 Å². The van der Waals surface area contributed by atoms with Crippen molar-refractivity contribution in [3.05, 3.63) is 41.3 Å². The number of amides is 1. The highest BCUT2D eigenvalue weighted by molar-refractivity contribution is 7.17. The lowest BCUT2D eigenvalue weighted by Crippen LogP contribution is -2.42. The zero-order valence-corrected chi connectivity index (χ0v) is 14.7. The average molecular weight is 353 g/mol. The van der Waals surface area contributed by atoms with Gasteiger partial charge in [0.2, 0.25) is 0 Å². The van der Waals surface area contributed by atoms with Crippen LogP contribution in [0.4, 0.5) is 0 Å². The zero-order chi connectivity index (χ0) is 15.5. The summed E-state index contributed by atoms with van der Waals surface area (Å²) in [6.45, 7) is 1.45. The number of hydrogen-bond acceptors (Lipinski definition) is 4. The van der Waals surface area contributed by atoms with Gasteiger partial charge < -0.3 is 15.4 Å². The summed E-state index contributed by atoms with van der Waals surface area (Å²) in [6, 6.07) is 12.2. The number of hydrogen-bond donors (Lipinski definition) is 1. The van der Waals surface area contributed by atoms with Crippen LogP contribution in [0.3, 0.4) is 0 Å². The summed E-state index contributed by atoms with van der Waals surface area (Å²) in [7, 11) is 1.61. The molecule has 1 aromatic carbocycles. The van der Waals surface area contributed by atoms with Crippen LogP contribution < -0.4 is 10.5 Å². The first-order valence-corrected chi connectivity index (χ1v) is 8.29. The van der Waals surface area contributed by atoms with E-state index in [1.807, 2.05) is 41.3 Å². The highest BCUT2D eigenvalue weighted by Gasteiger charge is 2.26. The molecule has 2 heterocycles. The Hall–Kier alpha value is -1.56. The van der Waals surface area contributed by atoms with Gasteiger partial charge in [0.1, 0.15) is 10.6 Å². The molecule has 1 aliphatic heterocycles. The van der Waals surface area contributed by atoms with E-state index in [1.54, 1.807) is 7.11 Å². The number of rotatable bonds is 3. The van der Waals surface area contributed by atoms with Crippen molar-refractivity contribution < 1.29 is 9.53 Å². The van der Waals surface area contributed by atoms with E-state index in [-0.39, 0.29) is 24.4 Å². The number of carbonyl (C=O) groups excluding carboxylic acids is 1. The molecule has 0 aliphatic carbocycles. The predicted molar refractivity (Wildman–Crippen MR) is 96.7 cm³/mol. The number of thiophene rings is 1. The molecule has 0 saturated carbocycles. The van der Waals surface area contributed by atoms with Gasteiger partial charge in [-0.1, -0.05) is 30.3 Å². The van der Waals surface area contributed by atoms with Crippen LogP contribution in [0.5, 0.6) is 5.75 Å². The van der Waals surface area contributed by atoms with Gasteiger partial charge in [-0.05, 0) is 24.5 Å². The highest BCUT2D eigenvalue weighted by Crippen LogP contribution is 2.37. The molecular weight excluding hydrogens is 332 g/mol. The molecule has 2 aromatic rings. The molecule has 1 saturated heterocycles. The fourth-order valence-electron chi connectivity index (χ4n) is 2.67. The van der Waals surface area contributed by atoms with Crippen LogP contribution in [-0.4, -0.2) is 37.0 Å². The number of likely N-dealkylation sites (tertiary alicyclic amines) is 1. The Bertz CT molecular complexity index is 652. The normalized spacial score (nSPS) is 15.1. The van der Waals surface area contributed by atoms with Crippen molar-refractivity contribution in [1.82, 2.24) is 4.90 Å². The third-order valence-corrected chi connectivity index (χ3v) is 5.15. The Labute approximate surface area is 146 Å². The second-order valence-corrected chi connectivity index (χ2v) is 6.56. The van der Waals surface area contributed by atoms with Crippen molar-refractivity contribution in [3.8, 4) is 16.2 Å². The molecule has 1 fully saturated rings. The summed E-state index contributed by atoms with van der Waals surface area (Å²) >= 11 is 1.49. The van der Waals surface area contributed by atoms with Crippen LogP contribution in [0, 0.1) is 0 Å². The van der Waals surface area contributed by atoms with Crippen LogP contribution in [-0.2, 0) is 0 Å². The van der Waals surface area contributed by atoms with E-state index in [4.69, 9.17) is 10.5 Å². The Morgan fingerprint density at radius 2 is 1.91 bits per heavy atom. The summed E-state index contributed by atoms with van der Waals surface area (Å²) in [5.41, 5.74) is 7.01. The van der Waals surface area contributed by atoms with Gasteiger partial charge >= 0.3 is 0 Å². The molecule has 23 heavy (non-hydrogen) atoms. The molecular formula is C17H21ClN2O2S. The number of nitrogens with zero attached hydrogens (tertiary/aromatic N) is 1. The van der Waals surface area contributed by atoms with Crippen LogP contribution in [0.25, 0.3) is 10.4 Å². The summed E-state index contributed by atoms with van der Waals surface area (Å²) in [6.07, 6.45) is 1.73. The second-order valence-electron chi connectivity index (χ2n) is 5.50. The number of benzene rings is 1. The minimum atomic E-state index is 0. The number of carbonyl (C=O) groups is 1. The third-order valence-electron chi connectivity index (χ3n) is 4.00. The summed E-state index contributed by atoms with van der Waals surface area (Å²) in [5, 5.41) is 0. The van der Waals surface area contributed by atoms with E-state index in [0.29, 0.717) is 10.6 Å². The first-order chi connectivity index (χ1) is 10.7. The molecule has 0 bridgehead atoms. The number of ether oxygens (including phenoxy) is 1. The summed E-state index contributed by atoms with van der Waals surface area (Å²) < 4.78 is 5.42. The quantitative estimate of drug-likeness (QED) is 0.921. The topological polar surface area (TPSA) is 55.6 Å². The van der Waals surface area contributed by atoms with E-state index >= 15 is 0 Å². The molecule has 1 aromatic heterocycles. The monoisotopic (exact) mass is 352 g/mol. The molecule has 0 spiro atoms. The predicted octanol–water partition coefficient (Wildman–Crippen LogP) is 3.41. The molecule has 2 N–H and O–H groups in total.